The Morgan fingerprint density at radius 1 is 0.824 bits per heavy atom. The molecule has 1 N–H and O–H groups in total. The van der Waals surface area contributed by atoms with Gasteiger partial charge in [0.1, 0.15) is 11.5 Å². The van der Waals surface area contributed by atoms with E-state index in [0.717, 1.165) is 0 Å². The van der Waals surface area contributed by atoms with Crippen LogP contribution >= 0.6 is 0 Å². The number of ketones is 1. The number of anilines is 1. The van der Waals surface area contributed by atoms with E-state index >= 15 is 0 Å². The summed E-state index contributed by atoms with van der Waals surface area (Å²) in [5.41, 5.74) is 0.981. The van der Waals surface area contributed by atoms with Crippen molar-refractivity contribution >= 4 is 29.0 Å². The van der Waals surface area contributed by atoms with Crippen LogP contribution in [0, 0.1) is 10.1 Å². The van der Waals surface area contributed by atoms with Crippen LogP contribution in [0.2, 0.25) is 0 Å². The van der Waals surface area contributed by atoms with E-state index < -0.39 is 17.5 Å². The van der Waals surface area contributed by atoms with Gasteiger partial charge in [0.15, 0.2) is 12.4 Å². The number of esters is 1. The molecule has 0 saturated heterocycles. The number of carbonyl (C=O) groups is 3. The number of para-hydroxylation sites is 1. The number of nitrogens with one attached hydrogen (secondary N) is 1. The molecule has 0 aliphatic carbocycles. The number of rotatable bonds is 11. The molecule has 174 valence electrons. The summed E-state index contributed by atoms with van der Waals surface area (Å²) in [6.07, 6.45) is 0.492. The number of nitrogens with zero attached hydrogens (tertiary/aromatic N) is 1. The number of benzene rings is 3. The van der Waals surface area contributed by atoms with Crippen molar-refractivity contribution in [3.05, 3.63) is 94.5 Å². The summed E-state index contributed by atoms with van der Waals surface area (Å²) in [6, 6.07) is 20.8. The molecule has 0 aliphatic heterocycles. The number of hydrogen-bond donors (Lipinski definition) is 1. The highest BCUT2D eigenvalue weighted by Crippen LogP contribution is 2.24. The highest BCUT2D eigenvalue weighted by Gasteiger charge is 2.12. The van der Waals surface area contributed by atoms with Crippen LogP contribution in [0.4, 0.5) is 11.4 Å². The summed E-state index contributed by atoms with van der Waals surface area (Å²) in [5.74, 6) is -0.283. The SMILES string of the molecule is O=C(CCCC(=O)OCC(=O)c1ccc(Oc2ccc([N+](=O)[O-])cc2)cc1)Nc1ccccc1. The van der Waals surface area contributed by atoms with Gasteiger partial charge in [0.2, 0.25) is 5.91 Å². The molecule has 9 heteroatoms. The highest BCUT2D eigenvalue weighted by molar-refractivity contribution is 5.98. The second-order valence-corrected chi connectivity index (χ2v) is 7.23. The van der Waals surface area contributed by atoms with Gasteiger partial charge in [-0.15, -0.1) is 0 Å². The lowest BCUT2D eigenvalue weighted by Crippen LogP contribution is -2.15. The first kappa shape index (κ1) is 24.1. The zero-order valence-electron chi connectivity index (χ0n) is 18.1. The van der Waals surface area contributed by atoms with Crippen LogP contribution in [0.5, 0.6) is 11.5 Å². The molecule has 3 rings (SSSR count). The van der Waals surface area contributed by atoms with E-state index in [-0.39, 0.29) is 30.2 Å². The Bertz CT molecular complexity index is 1140. The maximum absolute atomic E-state index is 12.3. The largest absolute Gasteiger partial charge is 0.457 e. The van der Waals surface area contributed by atoms with Crippen molar-refractivity contribution in [2.24, 2.45) is 0 Å². The van der Waals surface area contributed by atoms with Gasteiger partial charge in [0, 0.05) is 36.2 Å². The molecule has 0 saturated carbocycles. The number of ether oxygens (including phenoxy) is 2. The van der Waals surface area contributed by atoms with E-state index in [1.54, 1.807) is 24.3 Å². The monoisotopic (exact) mass is 462 g/mol. The molecular formula is C25H22N2O7. The number of Topliss-reactive ketones (excluding diaryl/α,β-unsaturated/α-hetero) is 1. The van der Waals surface area contributed by atoms with Crippen LogP contribution in [-0.4, -0.2) is 29.2 Å². The number of non-ortho nitro benzene ring substituents is 1. The molecule has 34 heavy (non-hydrogen) atoms. The highest BCUT2D eigenvalue weighted by atomic mass is 16.6. The normalized spacial score (nSPS) is 10.2. The first-order valence-electron chi connectivity index (χ1n) is 10.5. The lowest BCUT2D eigenvalue weighted by molar-refractivity contribution is -0.384. The maximum Gasteiger partial charge on any atom is 0.306 e. The van der Waals surface area contributed by atoms with Gasteiger partial charge in [-0.1, -0.05) is 18.2 Å². The summed E-state index contributed by atoms with van der Waals surface area (Å²) in [4.78, 5) is 46.2. The molecule has 0 radical (unpaired) electrons. The van der Waals surface area contributed by atoms with E-state index in [4.69, 9.17) is 9.47 Å². The van der Waals surface area contributed by atoms with Crippen LogP contribution in [-0.2, 0) is 14.3 Å². The number of nitro benzene ring substituents is 1. The van der Waals surface area contributed by atoms with Gasteiger partial charge in [-0.25, -0.2) is 0 Å². The molecule has 0 bridgehead atoms. The van der Waals surface area contributed by atoms with E-state index in [1.165, 1.54) is 36.4 Å². The molecule has 0 aliphatic rings. The number of carbonyl (C=O) groups excluding carboxylic acids is 3. The van der Waals surface area contributed by atoms with Gasteiger partial charge in [0.05, 0.1) is 4.92 Å². The predicted octanol–water partition coefficient (Wildman–Crippen LogP) is 4.92. The Hall–Kier alpha value is -4.53. The second-order valence-electron chi connectivity index (χ2n) is 7.23. The van der Waals surface area contributed by atoms with Gasteiger partial charge in [0.25, 0.3) is 5.69 Å². The number of nitro groups is 1. The molecule has 0 heterocycles. The second kappa shape index (κ2) is 11.9. The lowest BCUT2D eigenvalue weighted by Gasteiger charge is -2.07. The van der Waals surface area contributed by atoms with Gasteiger partial charge in [-0.05, 0) is 55.0 Å². The summed E-state index contributed by atoms with van der Waals surface area (Å²) >= 11 is 0. The van der Waals surface area contributed by atoms with Crippen LogP contribution < -0.4 is 10.1 Å². The third kappa shape index (κ3) is 7.56. The molecule has 0 spiro atoms. The molecule has 9 nitrogen and oxygen atoms in total. The van der Waals surface area contributed by atoms with E-state index in [1.807, 2.05) is 18.2 Å². The molecule has 3 aromatic carbocycles. The molecule has 0 fully saturated rings. The number of amides is 1. The molecular weight excluding hydrogens is 440 g/mol. The molecule has 1 amide bonds. The minimum absolute atomic E-state index is 0.0253. The fraction of sp³-hybridized carbons (Fsp3) is 0.160. The van der Waals surface area contributed by atoms with Gasteiger partial charge < -0.3 is 14.8 Å². The number of hydrogen-bond acceptors (Lipinski definition) is 7. The summed E-state index contributed by atoms with van der Waals surface area (Å²) in [7, 11) is 0. The van der Waals surface area contributed by atoms with Crippen LogP contribution in [0.15, 0.2) is 78.9 Å². The minimum atomic E-state index is -0.556. The van der Waals surface area contributed by atoms with Crippen molar-refractivity contribution in [2.45, 2.75) is 19.3 Å². The van der Waals surface area contributed by atoms with Crippen molar-refractivity contribution in [1.29, 1.82) is 0 Å². The Morgan fingerprint density at radius 2 is 1.44 bits per heavy atom. The van der Waals surface area contributed by atoms with E-state index in [0.29, 0.717) is 29.2 Å². The summed E-state index contributed by atoms with van der Waals surface area (Å²) < 4.78 is 10.6. The van der Waals surface area contributed by atoms with Gasteiger partial charge in [-0.2, -0.15) is 0 Å². The topological polar surface area (TPSA) is 125 Å². The zero-order chi connectivity index (χ0) is 24.3. The quantitative estimate of drug-likeness (QED) is 0.185. The molecule has 3 aromatic rings. The van der Waals surface area contributed by atoms with Gasteiger partial charge >= 0.3 is 5.97 Å². The average molecular weight is 462 g/mol. The first-order valence-corrected chi connectivity index (χ1v) is 10.5. The standard InChI is InChI=1S/C25H22N2O7/c28-23(17-33-25(30)8-4-7-24(29)26-19-5-2-1-3-6-19)18-9-13-21(14-10-18)34-22-15-11-20(12-16-22)27(31)32/h1-3,5-6,9-16H,4,7-8,17H2,(H,26,29). The summed E-state index contributed by atoms with van der Waals surface area (Å²) in [6.45, 7) is -0.405. The van der Waals surface area contributed by atoms with Crippen molar-refractivity contribution in [3.8, 4) is 11.5 Å². The van der Waals surface area contributed by atoms with Crippen LogP contribution in [0.1, 0.15) is 29.6 Å². The van der Waals surface area contributed by atoms with Crippen molar-refractivity contribution in [3.63, 3.8) is 0 Å². The summed E-state index contributed by atoms with van der Waals surface area (Å²) in [5, 5.41) is 13.4. The van der Waals surface area contributed by atoms with Crippen LogP contribution in [0.3, 0.4) is 0 Å². The Morgan fingerprint density at radius 3 is 2.06 bits per heavy atom. The van der Waals surface area contributed by atoms with Gasteiger partial charge in [-0.3, -0.25) is 24.5 Å². The van der Waals surface area contributed by atoms with Crippen molar-refractivity contribution in [1.82, 2.24) is 0 Å². The Kier molecular flexibility index (Phi) is 8.45. The minimum Gasteiger partial charge on any atom is -0.457 e. The van der Waals surface area contributed by atoms with Crippen molar-refractivity contribution < 1.29 is 28.8 Å². The smallest absolute Gasteiger partial charge is 0.306 e. The third-order valence-electron chi connectivity index (χ3n) is 4.67. The molecule has 0 aromatic heterocycles. The fourth-order valence-electron chi connectivity index (χ4n) is 2.92. The molecule has 0 atom stereocenters. The lowest BCUT2D eigenvalue weighted by atomic mass is 10.1. The van der Waals surface area contributed by atoms with Crippen molar-refractivity contribution in [2.75, 3.05) is 11.9 Å². The zero-order valence-corrected chi connectivity index (χ0v) is 18.1. The third-order valence-corrected chi connectivity index (χ3v) is 4.67. The maximum atomic E-state index is 12.3. The average Bonchev–Trinajstić information content (AvgIpc) is 2.84. The molecule has 0 unspecified atom stereocenters. The van der Waals surface area contributed by atoms with Crippen LogP contribution in [0.25, 0.3) is 0 Å². The van der Waals surface area contributed by atoms with E-state index in [2.05, 4.69) is 5.32 Å². The fourth-order valence-corrected chi connectivity index (χ4v) is 2.92. The van der Waals surface area contributed by atoms with E-state index in [9.17, 15) is 24.5 Å². The Labute approximate surface area is 195 Å². The predicted molar refractivity (Wildman–Crippen MR) is 124 cm³/mol. The first-order chi connectivity index (χ1) is 16.4. The Balaban J connectivity index is 1.38.